The van der Waals surface area contributed by atoms with Crippen LogP contribution in [0.15, 0.2) is 40.7 Å². The molecule has 2 N–H and O–H groups in total. The number of halogens is 3. The minimum absolute atomic E-state index is 0. The van der Waals surface area contributed by atoms with Crippen LogP contribution in [0, 0.1) is 18.6 Å². The normalized spacial score (nSPS) is 11.2. The third-order valence-corrected chi connectivity index (χ3v) is 5.19. The first-order valence-electron chi connectivity index (χ1n) is 8.86. The highest BCUT2D eigenvalue weighted by molar-refractivity contribution is 14.0. The predicted molar refractivity (Wildman–Crippen MR) is 122 cm³/mol. The first-order chi connectivity index (χ1) is 13.5. The molecule has 156 valence electrons. The number of thiophene rings is 1. The molecule has 0 aliphatic heterocycles. The van der Waals surface area contributed by atoms with Crippen molar-refractivity contribution in [3.8, 4) is 0 Å². The van der Waals surface area contributed by atoms with E-state index in [1.54, 1.807) is 11.3 Å². The molecule has 3 rings (SSSR count). The van der Waals surface area contributed by atoms with E-state index in [1.807, 2.05) is 30.0 Å². The Bertz CT molecular complexity index is 942. The molecular formula is C19H23F2IN6S. The molecular weight excluding hydrogens is 509 g/mol. The second-order valence-corrected chi connectivity index (χ2v) is 7.26. The van der Waals surface area contributed by atoms with E-state index in [1.165, 1.54) is 4.88 Å². The van der Waals surface area contributed by atoms with Crippen LogP contribution in [0.3, 0.4) is 0 Å². The van der Waals surface area contributed by atoms with Gasteiger partial charge in [-0.05, 0) is 43.0 Å². The Labute approximate surface area is 189 Å². The Morgan fingerprint density at radius 1 is 1.21 bits per heavy atom. The molecule has 0 aliphatic rings. The quantitative estimate of drug-likeness (QED) is 0.278. The van der Waals surface area contributed by atoms with Crippen molar-refractivity contribution in [2.24, 2.45) is 12.0 Å². The van der Waals surface area contributed by atoms with Gasteiger partial charge < -0.3 is 15.2 Å². The average Bonchev–Trinajstić information content (AvgIpc) is 3.31. The molecule has 3 aromatic rings. The van der Waals surface area contributed by atoms with Gasteiger partial charge in [0.05, 0.1) is 13.1 Å². The summed E-state index contributed by atoms with van der Waals surface area (Å²) in [6, 6.07) is 7.45. The number of benzene rings is 1. The fourth-order valence-electron chi connectivity index (χ4n) is 2.53. The van der Waals surface area contributed by atoms with Crippen LogP contribution >= 0.6 is 35.3 Å². The van der Waals surface area contributed by atoms with Crippen LogP contribution < -0.4 is 10.6 Å². The molecule has 0 saturated heterocycles. The molecule has 1 aromatic carbocycles. The summed E-state index contributed by atoms with van der Waals surface area (Å²) in [4.78, 5) is 5.66. The molecule has 0 amide bonds. The molecule has 0 unspecified atom stereocenters. The number of nitrogens with zero attached hydrogens (tertiary/aromatic N) is 4. The van der Waals surface area contributed by atoms with Crippen molar-refractivity contribution < 1.29 is 8.78 Å². The van der Waals surface area contributed by atoms with Crippen LogP contribution in [0.25, 0.3) is 0 Å². The Hall–Kier alpha value is -2.08. The van der Waals surface area contributed by atoms with Gasteiger partial charge in [0, 0.05) is 24.0 Å². The van der Waals surface area contributed by atoms with Gasteiger partial charge in [-0.25, -0.2) is 13.8 Å². The van der Waals surface area contributed by atoms with E-state index in [0.29, 0.717) is 19.0 Å². The van der Waals surface area contributed by atoms with Crippen molar-refractivity contribution in [3.63, 3.8) is 0 Å². The maximum atomic E-state index is 13.9. The highest BCUT2D eigenvalue weighted by Gasteiger charge is 2.08. The Kier molecular flexibility index (Phi) is 8.96. The van der Waals surface area contributed by atoms with E-state index >= 15 is 0 Å². The van der Waals surface area contributed by atoms with Gasteiger partial charge in [0.25, 0.3) is 0 Å². The maximum absolute atomic E-state index is 13.9. The van der Waals surface area contributed by atoms with Crippen molar-refractivity contribution in [2.45, 2.75) is 26.4 Å². The van der Waals surface area contributed by atoms with Crippen molar-refractivity contribution in [3.05, 3.63) is 69.4 Å². The van der Waals surface area contributed by atoms with Gasteiger partial charge >= 0.3 is 0 Å². The first kappa shape index (κ1) is 23.2. The lowest BCUT2D eigenvalue weighted by Crippen LogP contribution is -2.38. The molecule has 10 heteroatoms. The Morgan fingerprint density at radius 3 is 2.72 bits per heavy atom. The Balaban J connectivity index is 0.00000300. The molecule has 2 heterocycles. The summed E-state index contributed by atoms with van der Waals surface area (Å²) in [6.07, 6.45) is 0.843. The summed E-state index contributed by atoms with van der Waals surface area (Å²) in [7, 11) is 1.88. The average molecular weight is 532 g/mol. The van der Waals surface area contributed by atoms with Gasteiger partial charge in [0.1, 0.15) is 17.5 Å². The third kappa shape index (κ3) is 6.74. The number of nitrogens with one attached hydrogen (secondary N) is 2. The fourth-order valence-corrected chi connectivity index (χ4v) is 3.24. The van der Waals surface area contributed by atoms with Gasteiger partial charge in [-0.3, -0.25) is 0 Å². The van der Waals surface area contributed by atoms with Crippen LogP contribution in [0.1, 0.15) is 22.1 Å². The van der Waals surface area contributed by atoms with Crippen LogP contribution in [-0.2, 0) is 26.6 Å². The van der Waals surface area contributed by atoms with Crippen molar-refractivity contribution in [1.82, 2.24) is 25.4 Å². The molecule has 0 radical (unpaired) electrons. The van der Waals surface area contributed by atoms with Crippen molar-refractivity contribution in [2.75, 3.05) is 6.54 Å². The second-order valence-electron chi connectivity index (χ2n) is 6.23. The molecule has 0 saturated carbocycles. The number of hydrogen-bond donors (Lipinski definition) is 2. The minimum atomic E-state index is -0.485. The molecule has 0 bridgehead atoms. The summed E-state index contributed by atoms with van der Waals surface area (Å²) < 4.78 is 29.1. The molecule has 0 spiro atoms. The molecule has 0 fully saturated rings. The van der Waals surface area contributed by atoms with Crippen LogP contribution in [0.5, 0.6) is 0 Å². The van der Waals surface area contributed by atoms with E-state index in [2.05, 4.69) is 31.9 Å². The SMILES string of the molecule is Cc1nnc(CNC(=NCc2cc(F)ccc2F)NCCc2cccs2)n1C.I. The molecule has 2 aromatic heterocycles. The number of aryl methyl sites for hydroxylation is 1. The molecule has 0 aliphatic carbocycles. The number of hydrogen-bond acceptors (Lipinski definition) is 4. The van der Waals surface area contributed by atoms with Crippen LogP contribution in [0.2, 0.25) is 0 Å². The number of rotatable bonds is 7. The van der Waals surface area contributed by atoms with Crippen molar-refractivity contribution >= 4 is 41.3 Å². The zero-order valence-electron chi connectivity index (χ0n) is 16.2. The van der Waals surface area contributed by atoms with Gasteiger partial charge in [0.15, 0.2) is 11.8 Å². The van der Waals surface area contributed by atoms with Gasteiger partial charge in [0.2, 0.25) is 0 Å². The lowest BCUT2D eigenvalue weighted by molar-refractivity contribution is 0.585. The minimum Gasteiger partial charge on any atom is -0.356 e. The van der Waals surface area contributed by atoms with Gasteiger partial charge in [-0.2, -0.15) is 0 Å². The van der Waals surface area contributed by atoms with E-state index in [-0.39, 0.29) is 36.1 Å². The van der Waals surface area contributed by atoms with Crippen LogP contribution in [0.4, 0.5) is 8.78 Å². The summed E-state index contributed by atoms with van der Waals surface area (Å²) in [6.45, 7) is 2.97. The molecule has 0 atom stereocenters. The highest BCUT2D eigenvalue weighted by atomic mass is 127. The van der Waals surface area contributed by atoms with Crippen LogP contribution in [-0.4, -0.2) is 27.3 Å². The second kappa shape index (κ2) is 11.2. The van der Waals surface area contributed by atoms with Gasteiger partial charge in [-0.15, -0.1) is 45.5 Å². The topological polar surface area (TPSA) is 67.1 Å². The summed E-state index contributed by atoms with van der Waals surface area (Å²) >= 11 is 1.69. The smallest absolute Gasteiger partial charge is 0.191 e. The highest BCUT2D eigenvalue weighted by Crippen LogP contribution is 2.11. The lowest BCUT2D eigenvalue weighted by Gasteiger charge is -2.12. The fraction of sp³-hybridized carbons (Fsp3) is 0.316. The maximum Gasteiger partial charge on any atom is 0.191 e. The first-order valence-corrected chi connectivity index (χ1v) is 9.74. The van der Waals surface area contributed by atoms with E-state index in [4.69, 9.17) is 0 Å². The monoisotopic (exact) mass is 532 g/mol. The van der Waals surface area contributed by atoms with E-state index in [0.717, 1.165) is 36.3 Å². The summed E-state index contributed by atoms with van der Waals surface area (Å²) in [5.41, 5.74) is 0.203. The van der Waals surface area contributed by atoms with Gasteiger partial charge in [-0.1, -0.05) is 6.07 Å². The zero-order chi connectivity index (χ0) is 19.9. The third-order valence-electron chi connectivity index (χ3n) is 4.26. The van der Waals surface area contributed by atoms with E-state index in [9.17, 15) is 8.78 Å². The number of aliphatic imine (C=N–C) groups is 1. The largest absolute Gasteiger partial charge is 0.356 e. The summed E-state index contributed by atoms with van der Waals surface area (Å²) in [5, 5.41) is 16.6. The summed E-state index contributed by atoms with van der Waals surface area (Å²) in [5.74, 6) is 1.10. The Morgan fingerprint density at radius 2 is 2.03 bits per heavy atom. The molecule has 29 heavy (non-hydrogen) atoms. The number of aromatic nitrogens is 3. The van der Waals surface area contributed by atoms with Crippen molar-refractivity contribution in [1.29, 1.82) is 0 Å². The standard InChI is InChI=1S/C19H22F2N6S.HI/c1-13-25-26-18(27(13)2)12-24-19(22-8-7-16-4-3-9-28-16)23-11-14-10-15(20)5-6-17(14)21;/h3-6,9-10H,7-8,11-12H2,1-2H3,(H2,22,23,24);1H. The molecule has 6 nitrogen and oxygen atoms in total. The predicted octanol–water partition coefficient (Wildman–Crippen LogP) is 3.56. The number of guanidine groups is 1. The zero-order valence-corrected chi connectivity index (χ0v) is 19.3. The lowest BCUT2D eigenvalue weighted by atomic mass is 10.2. The van der Waals surface area contributed by atoms with E-state index < -0.39 is 11.6 Å².